The van der Waals surface area contributed by atoms with E-state index < -0.39 is 34.4 Å². The fourth-order valence-corrected chi connectivity index (χ4v) is 2.69. The van der Waals surface area contributed by atoms with Crippen molar-refractivity contribution in [1.29, 1.82) is 0 Å². The monoisotopic (exact) mass is 313 g/mol. The molecule has 1 amide bonds. The van der Waals surface area contributed by atoms with Crippen LogP contribution in [0, 0.1) is 16.0 Å². The van der Waals surface area contributed by atoms with E-state index in [0.29, 0.717) is 19.3 Å². The molecule has 1 saturated carbocycles. The minimum Gasteiger partial charge on any atom is -0.481 e. The summed E-state index contributed by atoms with van der Waals surface area (Å²) in [6.45, 7) is 0. The van der Waals surface area contributed by atoms with E-state index in [1.54, 1.807) is 0 Å². The quantitative estimate of drug-likeness (QED) is 0.495. The Labute approximate surface area is 124 Å². The lowest BCUT2D eigenvalue weighted by atomic mass is 10.0. The van der Waals surface area contributed by atoms with Crippen LogP contribution in [0.5, 0.6) is 0 Å². The molecule has 0 bridgehead atoms. The van der Waals surface area contributed by atoms with E-state index in [9.17, 15) is 19.7 Å². The molecule has 1 heterocycles. The number of aliphatic carboxylic acids is 1. The van der Waals surface area contributed by atoms with Gasteiger partial charge in [0.15, 0.2) is 0 Å². The molecule has 9 heteroatoms. The highest BCUT2D eigenvalue weighted by atomic mass is 35.5. The largest absolute Gasteiger partial charge is 0.481 e. The van der Waals surface area contributed by atoms with Crippen molar-refractivity contribution >= 4 is 29.2 Å². The molecule has 0 radical (unpaired) electrons. The van der Waals surface area contributed by atoms with E-state index in [4.69, 9.17) is 16.7 Å². The first-order valence-corrected chi connectivity index (χ1v) is 6.62. The van der Waals surface area contributed by atoms with Crippen LogP contribution in [0.25, 0.3) is 0 Å². The number of nitrogens with zero attached hydrogens (tertiary/aromatic N) is 2. The molecule has 8 nitrogen and oxygen atoms in total. The molecular weight excluding hydrogens is 302 g/mol. The number of carboxylic acids is 1. The number of aromatic nitrogens is 1. The Balaban J connectivity index is 2.23. The molecule has 0 spiro atoms. The fourth-order valence-electron chi connectivity index (χ4n) is 2.46. The third-order valence-corrected chi connectivity index (χ3v) is 3.73. The van der Waals surface area contributed by atoms with Crippen LogP contribution in [0.1, 0.15) is 29.6 Å². The molecule has 1 aliphatic rings. The molecule has 21 heavy (non-hydrogen) atoms. The summed E-state index contributed by atoms with van der Waals surface area (Å²) >= 11 is 5.64. The van der Waals surface area contributed by atoms with Gasteiger partial charge in [-0.05, 0) is 18.9 Å². The van der Waals surface area contributed by atoms with Gasteiger partial charge in [0.25, 0.3) is 5.91 Å². The summed E-state index contributed by atoms with van der Waals surface area (Å²) in [7, 11) is 0. The summed E-state index contributed by atoms with van der Waals surface area (Å²) in [5.41, 5.74) is -0.808. The van der Waals surface area contributed by atoms with Gasteiger partial charge >= 0.3 is 11.7 Å². The summed E-state index contributed by atoms with van der Waals surface area (Å²) in [4.78, 5) is 37.0. The lowest BCUT2D eigenvalue weighted by molar-refractivity contribution is -0.385. The van der Waals surface area contributed by atoms with Gasteiger partial charge in [0.1, 0.15) is 5.56 Å². The van der Waals surface area contributed by atoms with Crippen molar-refractivity contribution in [2.45, 2.75) is 25.3 Å². The average Bonchev–Trinajstić information content (AvgIpc) is 2.86. The van der Waals surface area contributed by atoms with E-state index in [1.807, 2.05) is 0 Å². The number of rotatable bonds is 4. The standard InChI is InChI=1S/C12H12ClN3O5/c13-10-9(16(20)21)7(4-5-14-10)11(17)15-8-3-1-2-6(8)12(18)19/h4-6,8H,1-3H2,(H,15,17)(H,18,19). The lowest BCUT2D eigenvalue weighted by Crippen LogP contribution is -2.40. The van der Waals surface area contributed by atoms with E-state index in [2.05, 4.69) is 10.3 Å². The lowest BCUT2D eigenvalue weighted by Gasteiger charge is -2.17. The smallest absolute Gasteiger partial charge is 0.319 e. The van der Waals surface area contributed by atoms with Crippen molar-refractivity contribution in [3.8, 4) is 0 Å². The number of nitrogens with one attached hydrogen (secondary N) is 1. The van der Waals surface area contributed by atoms with Gasteiger partial charge < -0.3 is 10.4 Å². The molecule has 2 N–H and O–H groups in total. The molecule has 0 saturated heterocycles. The second kappa shape index (κ2) is 6.04. The van der Waals surface area contributed by atoms with Crippen molar-refractivity contribution in [3.05, 3.63) is 33.1 Å². The minimum absolute atomic E-state index is 0.226. The Morgan fingerprint density at radius 1 is 1.48 bits per heavy atom. The molecule has 1 aromatic heterocycles. The summed E-state index contributed by atoms with van der Waals surface area (Å²) in [6.07, 6.45) is 2.86. The number of carbonyl (C=O) groups excluding carboxylic acids is 1. The summed E-state index contributed by atoms with van der Waals surface area (Å²) < 4.78 is 0. The van der Waals surface area contributed by atoms with E-state index in [1.165, 1.54) is 12.3 Å². The Hall–Kier alpha value is -2.22. The topological polar surface area (TPSA) is 122 Å². The Bertz CT molecular complexity index is 607. The first-order valence-electron chi connectivity index (χ1n) is 6.24. The van der Waals surface area contributed by atoms with Crippen LogP contribution in [0.2, 0.25) is 5.15 Å². The van der Waals surface area contributed by atoms with Gasteiger partial charge in [0, 0.05) is 12.2 Å². The first-order chi connectivity index (χ1) is 9.91. The number of amides is 1. The zero-order valence-corrected chi connectivity index (χ0v) is 11.5. The Morgan fingerprint density at radius 2 is 2.19 bits per heavy atom. The van der Waals surface area contributed by atoms with Crippen LogP contribution < -0.4 is 5.32 Å². The number of carboxylic acid groups (broad SMARTS) is 1. The fraction of sp³-hybridized carbons (Fsp3) is 0.417. The van der Waals surface area contributed by atoms with Gasteiger partial charge in [-0.3, -0.25) is 19.7 Å². The highest BCUT2D eigenvalue weighted by Gasteiger charge is 2.35. The zero-order valence-electron chi connectivity index (χ0n) is 10.8. The number of hydrogen-bond donors (Lipinski definition) is 2. The van der Waals surface area contributed by atoms with Crippen LogP contribution in [0.4, 0.5) is 5.69 Å². The van der Waals surface area contributed by atoms with Gasteiger partial charge in [0.05, 0.1) is 10.8 Å². The van der Waals surface area contributed by atoms with Gasteiger partial charge in [-0.1, -0.05) is 18.0 Å². The molecule has 2 unspecified atom stereocenters. The molecule has 2 atom stereocenters. The van der Waals surface area contributed by atoms with Gasteiger partial charge in [-0.2, -0.15) is 0 Å². The van der Waals surface area contributed by atoms with Crippen LogP contribution in [0.3, 0.4) is 0 Å². The average molecular weight is 314 g/mol. The molecule has 2 rings (SSSR count). The number of hydrogen-bond acceptors (Lipinski definition) is 5. The molecule has 112 valence electrons. The molecule has 0 aliphatic heterocycles. The second-order valence-electron chi connectivity index (χ2n) is 4.71. The second-order valence-corrected chi connectivity index (χ2v) is 5.07. The zero-order chi connectivity index (χ0) is 15.6. The van der Waals surface area contributed by atoms with Crippen molar-refractivity contribution < 1.29 is 19.6 Å². The van der Waals surface area contributed by atoms with Gasteiger partial charge in [0.2, 0.25) is 5.15 Å². The Kier molecular flexibility index (Phi) is 4.37. The maximum absolute atomic E-state index is 12.2. The maximum atomic E-state index is 12.2. The minimum atomic E-state index is -0.986. The summed E-state index contributed by atoms with van der Waals surface area (Å²) in [6, 6.07) is 0.644. The molecule has 1 aromatic rings. The van der Waals surface area contributed by atoms with Crippen LogP contribution in [-0.4, -0.2) is 32.9 Å². The van der Waals surface area contributed by atoms with E-state index in [-0.39, 0.29) is 10.7 Å². The van der Waals surface area contributed by atoms with E-state index >= 15 is 0 Å². The highest BCUT2D eigenvalue weighted by molar-refractivity contribution is 6.32. The van der Waals surface area contributed by atoms with Crippen molar-refractivity contribution in [3.63, 3.8) is 0 Å². The third-order valence-electron chi connectivity index (χ3n) is 3.46. The van der Waals surface area contributed by atoms with Crippen LogP contribution in [0.15, 0.2) is 12.3 Å². The number of carbonyl (C=O) groups is 2. The predicted octanol–water partition coefficient (Wildman–Crippen LogP) is 1.63. The summed E-state index contributed by atoms with van der Waals surface area (Å²) in [5, 5.41) is 22.2. The molecule has 1 aliphatic carbocycles. The van der Waals surface area contributed by atoms with Gasteiger partial charge in [-0.15, -0.1) is 0 Å². The SMILES string of the molecule is O=C(NC1CCCC1C(=O)O)c1ccnc(Cl)c1[N+](=O)[O-]. The van der Waals surface area contributed by atoms with Gasteiger partial charge in [-0.25, -0.2) is 4.98 Å². The number of pyridine rings is 1. The number of nitro groups is 1. The van der Waals surface area contributed by atoms with Crippen molar-refractivity contribution in [2.24, 2.45) is 5.92 Å². The van der Waals surface area contributed by atoms with E-state index in [0.717, 1.165) is 0 Å². The van der Waals surface area contributed by atoms with Crippen molar-refractivity contribution in [1.82, 2.24) is 10.3 Å². The normalized spacial score (nSPS) is 21.0. The maximum Gasteiger partial charge on any atom is 0.319 e. The molecule has 0 aromatic carbocycles. The summed E-state index contributed by atoms with van der Waals surface area (Å²) in [5.74, 6) is -2.38. The molecular formula is C12H12ClN3O5. The Morgan fingerprint density at radius 3 is 2.81 bits per heavy atom. The van der Waals surface area contributed by atoms with Crippen LogP contribution in [-0.2, 0) is 4.79 Å². The predicted molar refractivity (Wildman–Crippen MR) is 72.1 cm³/mol. The number of halogens is 1. The molecule has 1 fully saturated rings. The first kappa shape index (κ1) is 15.2. The van der Waals surface area contributed by atoms with Crippen LogP contribution >= 0.6 is 11.6 Å². The third kappa shape index (κ3) is 3.10. The van der Waals surface area contributed by atoms with Crippen molar-refractivity contribution in [2.75, 3.05) is 0 Å². The highest BCUT2D eigenvalue weighted by Crippen LogP contribution is 2.29.